The Morgan fingerprint density at radius 2 is 2.05 bits per heavy atom. The number of benzene rings is 1. The van der Waals surface area contributed by atoms with E-state index in [1.54, 1.807) is 4.31 Å². The molecule has 2 saturated heterocycles. The van der Waals surface area contributed by atoms with Crippen molar-refractivity contribution < 1.29 is 13.2 Å². The van der Waals surface area contributed by atoms with Crippen molar-refractivity contribution in [2.24, 2.45) is 5.41 Å². The van der Waals surface area contributed by atoms with Gasteiger partial charge in [-0.3, -0.25) is 0 Å². The van der Waals surface area contributed by atoms with Gasteiger partial charge in [0.1, 0.15) is 12.4 Å². The van der Waals surface area contributed by atoms with Crippen molar-refractivity contribution in [3.05, 3.63) is 30.3 Å². The summed E-state index contributed by atoms with van der Waals surface area (Å²) in [6.07, 6.45) is 3.17. The van der Waals surface area contributed by atoms with E-state index in [2.05, 4.69) is 5.32 Å². The summed E-state index contributed by atoms with van der Waals surface area (Å²) in [4.78, 5) is 0. The standard InChI is InChI=1S/C16H24N2O3S/c19-22(20,12-11-21-15-5-2-1-3-6-15)18-10-4-7-16(14-18)8-9-17-13-16/h1-3,5-6,17H,4,7-14H2/t16-/m0/s1. The van der Waals surface area contributed by atoms with Gasteiger partial charge in [-0.1, -0.05) is 18.2 Å². The van der Waals surface area contributed by atoms with E-state index in [1.165, 1.54) is 0 Å². The largest absolute Gasteiger partial charge is 0.492 e. The molecule has 1 N–H and O–H groups in total. The van der Waals surface area contributed by atoms with Gasteiger partial charge in [0.2, 0.25) is 10.0 Å². The van der Waals surface area contributed by atoms with E-state index < -0.39 is 10.0 Å². The Morgan fingerprint density at radius 1 is 1.23 bits per heavy atom. The van der Waals surface area contributed by atoms with Crippen LogP contribution in [0.3, 0.4) is 0 Å². The van der Waals surface area contributed by atoms with Crippen LogP contribution in [0.15, 0.2) is 30.3 Å². The monoisotopic (exact) mass is 324 g/mol. The number of sulfonamides is 1. The maximum absolute atomic E-state index is 12.5. The van der Waals surface area contributed by atoms with Crippen molar-refractivity contribution in [1.29, 1.82) is 0 Å². The Hall–Kier alpha value is -1.11. The van der Waals surface area contributed by atoms with E-state index in [0.717, 1.165) is 32.4 Å². The Labute approximate surface area is 132 Å². The first-order valence-electron chi connectivity index (χ1n) is 7.96. The number of ether oxygens (including phenoxy) is 1. The number of nitrogens with zero attached hydrogens (tertiary/aromatic N) is 1. The summed E-state index contributed by atoms with van der Waals surface area (Å²) in [6.45, 7) is 3.46. The number of hydrogen-bond donors (Lipinski definition) is 1. The molecule has 0 saturated carbocycles. The lowest BCUT2D eigenvalue weighted by molar-refractivity contribution is 0.166. The summed E-state index contributed by atoms with van der Waals surface area (Å²) < 4.78 is 32.3. The zero-order valence-corrected chi connectivity index (χ0v) is 13.6. The molecule has 1 aromatic rings. The lowest BCUT2D eigenvalue weighted by Gasteiger charge is -2.39. The lowest BCUT2D eigenvalue weighted by Crippen LogP contribution is -2.48. The zero-order chi connectivity index (χ0) is 15.5. The molecule has 0 radical (unpaired) electrons. The van der Waals surface area contributed by atoms with Crippen molar-refractivity contribution in [2.45, 2.75) is 19.3 Å². The molecule has 0 aromatic heterocycles. The number of nitrogens with one attached hydrogen (secondary N) is 1. The summed E-state index contributed by atoms with van der Waals surface area (Å²) >= 11 is 0. The molecule has 6 heteroatoms. The minimum atomic E-state index is -3.24. The second kappa shape index (κ2) is 6.56. The highest BCUT2D eigenvalue weighted by atomic mass is 32.2. The van der Waals surface area contributed by atoms with E-state index in [-0.39, 0.29) is 17.8 Å². The average molecular weight is 324 g/mol. The Morgan fingerprint density at radius 3 is 2.77 bits per heavy atom. The third-order valence-corrected chi connectivity index (χ3v) is 6.49. The summed E-state index contributed by atoms with van der Waals surface area (Å²) in [5, 5.41) is 3.37. The van der Waals surface area contributed by atoms with Crippen LogP contribution >= 0.6 is 0 Å². The number of para-hydroxylation sites is 1. The van der Waals surface area contributed by atoms with E-state index in [9.17, 15) is 8.42 Å². The topological polar surface area (TPSA) is 58.6 Å². The van der Waals surface area contributed by atoms with Crippen LogP contribution in [-0.2, 0) is 10.0 Å². The second-order valence-electron chi connectivity index (χ2n) is 6.34. The van der Waals surface area contributed by atoms with Crippen molar-refractivity contribution in [3.63, 3.8) is 0 Å². The van der Waals surface area contributed by atoms with E-state index in [4.69, 9.17) is 4.74 Å². The molecule has 1 aromatic carbocycles. The van der Waals surface area contributed by atoms with Gasteiger partial charge in [-0.2, -0.15) is 0 Å². The molecule has 0 unspecified atom stereocenters. The first-order chi connectivity index (χ1) is 10.6. The van der Waals surface area contributed by atoms with Gasteiger partial charge in [0.05, 0.1) is 5.75 Å². The molecular formula is C16H24N2O3S. The molecule has 2 aliphatic rings. The molecule has 122 valence electrons. The van der Waals surface area contributed by atoms with Crippen molar-refractivity contribution in [3.8, 4) is 5.75 Å². The van der Waals surface area contributed by atoms with Gasteiger partial charge in [-0.25, -0.2) is 12.7 Å². The lowest BCUT2D eigenvalue weighted by atomic mass is 9.80. The van der Waals surface area contributed by atoms with Gasteiger partial charge >= 0.3 is 0 Å². The molecule has 2 fully saturated rings. The molecule has 5 nitrogen and oxygen atoms in total. The third-order valence-electron chi connectivity index (χ3n) is 4.71. The minimum Gasteiger partial charge on any atom is -0.492 e. The molecule has 2 aliphatic heterocycles. The van der Waals surface area contributed by atoms with Gasteiger partial charge in [0.25, 0.3) is 0 Å². The normalized spacial score (nSPS) is 26.4. The first kappa shape index (κ1) is 15.8. The Kier molecular flexibility index (Phi) is 4.70. The van der Waals surface area contributed by atoms with Gasteiger partial charge in [-0.15, -0.1) is 0 Å². The molecular weight excluding hydrogens is 300 g/mol. The van der Waals surface area contributed by atoms with Crippen LogP contribution in [-0.4, -0.2) is 51.3 Å². The average Bonchev–Trinajstić information content (AvgIpc) is 2.96. The van der Waals surface area contributed by atoms with Gasteiger partial charge in [0.15, 0.2) is 0 Å². The number of hydrogen-bond acceptors (Lipinski definition) is 4. The van der Waals surface area contributed by atoms with Crippen LogP contribution in [0.1, 0.15) is 19.3 Å². The van der Waals surface area contributed by atoms with Crippen LogP contribution < -0.4 is 10.1 Å². The number of piperidine rings is 1. The Bertz CT molecular complexity index is 583. The molecule has 1 atom stereocenters. The molecule has 0 amide bonds. The first-order valence-corrected chi connectivity index (χ1v) is 9.57. The molecule has 0 bridgehead atoms. The summed E-state index contributed by atoms with van der Waals surface area (Å²) in [6, 6.07) is 9.35. The predicted octanol–water partition coefficient (Wildman–Crippen LogP) is 1.47. The molecule has 22 heavy (non-hydrogen) atoms. The van der Waals surface area contributed by atoms with Crippen LogP contribution in [0.4, 0.5) is 0 Å². The predicted molar refractivity (Wildman–Crippen MR) is 86.5 cm³/mol. The second-order valence-corrected chi connectivity index (χ2v) is 8.43. The van der Waals surface area contributed by atoms with Gasteiger partial charge < -0.3 is 10.1 Å². The van der Waals surface area contributed by atoms with Crippen molar-refractivity contribution in [2.75, 3.05) is 38.5 Å². The zero-order valence-electron chi connectivity index (χ0n) is 12.8. The highest BCUT2D eigenvalue weighted by molar-refractivity contribution is 7.89. The quantitative estimate of drug-likeness (QED) is 0.891. The van der Waals surface area contributed by atoms with Crippen LogP contribution in [0.2, 0.25) is 0 Å². The molecule has 0 aliphatic carbocycles. The van der Waals surface area contributed by atoms with Gasteiger partial charge in [-0.05, 0) is 43.4 Å². The summed E-state index contributed by atoms with van der Waals surface area (Å²) in [7, 11) is -3.24. The highest BCUT2D eigenvalue weighted by Gasteiger charge is 2.41. The third kappa shape index (κ3) is 3.62. The fraction of sp³-hybridized carbons (Fsp3) is 0.625. The van der Waals surface area contributed by atoms with Gasteiger partial charge in [0, 0.05) is 19.6 Å². The molecule has 1 spiro atoms. The van der Waals surface area contributed by atoms with Crippen molar-refractivity contribution >= 4 is 10.0 Å². The Balaban J connectivity index is 1.55. The summed E-state index contributed by atoms with van der Waals surface area (Å²) in [5.74, 6) is 0.763. The van der Waals surface area contributed by atoms with E-state index in [1.807, 2.05) is 30.3 Å². The van der Waals surface area contributed by atoms with Crippen LogP contribution in [0.25, 0.3) is 0 Å². The van der Waals surface area contributed by atoms with E-state index in [0.29, 0.717) is 18.8 Å². The fourth-order valence-corrected chi connectivity index (χ4v) is 4.88. The smallest absolute Gasteiger partial charge is 0.217 e. The number of rotatable bonds is 5. The molecule has 3 rings (SSSR count). The maximum Gasteiger partial charge on any atom is 0.217 e. The van der Waals surface area contributed by atoms with Crippen LogP contribution in [0.5, 0.6) is 5.75 Å². The highest BCUT2D eigenvalue weighted by Crippen LogP contribution is 2.36. The fourth-order valence-electron chi connectivity index (χ4n) is 3.45. The summed E-state index contributed by atoms with van der Waals surface area (Å²) in [5.41, 5.74) is 0.158. The molecule has 2 heterocycles. The van der Waals surface area contributed by atoms with Crippen LogP contribution in [0, 0.1) is 5.41 Å². The SMILES string of the molecule is O=S(=O)(CCOc1ccccc1)N1CCC[C@@]2(CCNC2)C1. The van der Waals surface area contributed by atoms with Crippen molar-refractivity contribution in [1.82, 2.24) is 9.62 Å². The van der Waals surface area contributed by atoms with E-state index >= 15 is 0 Å². The maximum atomic E-state index is 12.5. The minimum absolute atomic E-state index is 0.0470.